The number of carbonyl (C=O) groups excluding carboxylic acids is 3. The monoisotopic (exact) mass is 580 g/mol. The summed E-state index contributed by atoms with van der Waals surface area (Å²) in [6, 6.07) is 8.94. The lowest BCUT2D eigenvalue weighted by Gasteiger charge is -2.38. The molecule has 1 aromatic rings. The molecule has 0 saturated heterocycles. The summed E-state index contributed by atoms with van der Waals surface area (Å²) in [5.41, 5.74) is 1.47. The van der Waals surface area contributed by atoms with E-state index in [0.29, 0.717) is 12.2 Å². The van der Waals surface area contributed by atoms with Crippen LogP contribution in [-0.4, -0.2) is 24.1 Å². The van der Waals surface area contributed by atoms with Crippen LogP contribution in [0.25, 0.3) is 0 Å². The fourth-order valence-corrected chi connectivity index (χ4v) is 6.73. The Morgan fingerprint density at radius 1 is 0.833 bits per heavy atom. The van der Waals surface area contributed by atoms with E-state index >= 15 is 0 Å². The summed E-state index contributed by atoms with van der Waals surface area (Å²) in [6.07, 6.45) is 22.1. The standard InChI is InChI=1S/C38H60O4/c1-6-7-8-9-10-11-12-13-14-15-16-17-18-22-28-42-37(41)34(36(40)32-25-20-19-21-26-32)31(3)29-33(39)35-30(2)24-23-27-38(35,4)5/h19-21,24-26,31,34-35H,6-18,22-23,27-29H2,1-5H3. The Kier molecular flexibility index (Phi) is 17.0. The molecule has 0 N–H and O–H groups in total. The molecule has 4 heteroatoms. The van der Waals surface area contributed by atoms with Crippen LogP contribution in [0.5, 0.6) is 0 Å². The first-order chi connectivity index (χ1) is 20.2. The number of ketones is 2. The second-order valence-electron chi connectivity index (χ2n) is 13.5. The Hall–Kier alpha value is -2.23. The molecule has 1 aliphatic carbocycles. The highest BCUT2D eigenvalue weighted by Gasteiger charge is 2.41. The highest BCUT2D eigenvalue weighted by atomic mass is 16.5. The third-order valence-electron chi connectivity index (χ3n) is 9.24. The zero-order valence-corrected chi connectivity index (χ0v) is 27.6. The molecule has 3 unspecified atom stereocenters. The van der Waals surface area contributed by atoms with Crippen molar-refractivity contribution in [3.05, 3.63) is 47.5 Å². The summed E-state index contributed by atoms with van der Waals surface area (Å²) < 4.78 is 5.68. The van der Waals surface area contributed by atoms with Gasteiger partial charge in [-0.1, -0.05) is 153 Å². The van der Waals surface area contributed by atoms with E-state index in [0.717, 1.165) is 37.7 Å². The van der Waals surface area contributed by atoms with Crippen molar-refractivity contribution in [3.8, 4) is 0 Å². The predicted octanol–water partition coefficient (Wildman–Crippen LogP) is 10.5. The summed E-state index contributed by atoms with van der Waals surface area (Å²) in [6.45, 7) is 10.8. The lowest BCUT2D eigenvalue weighted by Crippen LogP contribution is -2.38. The van der Waals surface area contributed by atoms with Crippen LogP contribution >= 0.6 is 0 Å². The lowest BCUT2D eigenvalue weighted by molar-refractivity contribution is -0.148. The van der Waals surface area contributed by atoms with Crippen molar-refractivity contribution in [3.63, 3.8) is 0 Å². The maximum Gasteiger partial charge on any atom is 0.317 e. The number of hydrogen-bond acceptors (Lipinski definition) is 4. The zero-order valence-electron chi connectivity index (χ0n) is 27.6. The van der Waals surface area contributed by atoms with Crippen molar-refractivity contribution in [1.29, 1.82) is 0 Å². The second kappa shape index (κ2) is 19.9. The van der Waals surface area contributed by atoms with Crippen LogP contribution < -0.4 is 0 Å². The molecule has 0 heterocycles. The zero-order chi connectivity index (χ0) is 30.8. The quantitative estimate of drug-likeness (QED) is 0.0450. The van der Waals surface area contributed by atoms with Crippen LogP contribution in [0.4, 0.5) is 0 Å². The number of benzene rings is 1. The molecule has 0 bridgehead atoms. The molecule has 0 fully saturated rings. The van der Waals surface area contributed by atoms with Crippen LogP contribution in [0.3, 0.4) is 0 Å². The van der Waals surface area contributed by atoms with Gasteiger partial charge >= 0.3 is 5.97 Å². The number of carbonyl (C=O) groups is 3. The topological polar surface area (TPSA) is 60.4 Å². The van der Waals surface area contributed by atoms with Gasteiger partial charge in [0.2, 0.25) is 0 Å². The number of esters is 1. The second-order valence-corrected chi connectivity index (χ2v) is 13.5. The maximum atomic E-state index is 13.5. The van der Waals surface area contributed by atoms with Gasteiger partial charge in [0.25, 0.3) is 0 Å². The molecule has 0 aromatic heterocycles. The molecule has 42 heavy (non-hydrogen) atoms. The molecule has 1 aromatic carbocycles. The number of unbranched alkanes of at least 4 members (excludes halogenated alkanes) is 13. The molecule has 236 valence electrons. The smallest absolute Gasteiger partial charge is 0.317 e. The minimum atomic E-state index is -0.973. The van der Waals surface area contributed by atoms with E-state index in [1.807, 2.05) is 19.9 Å². The van der Waals surface area contributed by atoms with Crippen LogP contribution in [0.1, 0.15) is 154 Å². The molecule has 1 aliphatic rings. The van der Waals surface area contributed by atoms with E-state index in [-0.39, 0.29) is 29.3 Å². The van der Waals surface area contributed by atoms with E-state index in [9.17, 15) is 14.4 Å². The van der Waals surface area contributed by atoms with Crippen molar-refractivity contribution in [2.24, 2.45) is 23.2 Å². The van der Waals surface area contributed by atoms with Crippen LogP contribution in [0, 0.1) is 23.2 Å². The summed E-state index contributed by atoms with van der Waals surface area (Å²) in [5, 5.41) is 0. The number of Topliss-reactive ketones (excluding diaryl/α,β-unsaturated/α-hetero) is 2. The van der Waals surface area contributed by atoms with Crippen molar-refractivity contribution in [2.75, 3.05) is 6.61 Å². The third kappa shape index (κ3) is 12.6. The Morgan fingerprint density at radius 2 is 1.36 bits per heavy atom. The van der Waals surface area contributed by atoms with Crippen molar-refractivity contribution >= 4 is 17.5 Å². The van der Waals surface area contributed by atoms with Gasteiger partial charge in [-0.25, -0.2) is 0 Å². The van der Waals surface area contributed by atoms with E-state index in [1.54, 1.807) is 24.3 Å². The number of rotatable bonds is 22. The molecule has 0 radical (unpaired) electrons. The number of hydrogen-bond donors (Lipinski definition) is 0. The molecule has 0 amide bonds. The summed E-state index contributed by atoms with van der Waals surface area (Å²) in [7, 11) is 0. The van der Waals surface area contributed by atoms with Gasteiger partial charge in [-0.15, -0.1) is 0 Å². The van der Waals surface area contributed by atoms with Gasteiger partial charge in [0, 0.05) is 17.9 Å². The molecule has 3 atom stereocenters. The summed E-state index contributed by atoms with van der Waals surface area (Å²) >= 11 is 0. The Labute approximate surface area is 257 Å². The average molecular weight is 581 g/mol. The summed E-state index contributed by atoms with van der Waals surface area (Å²) in [4.78, 5) is 40.4. The van der Waals surface area contributed by atoms with Crippen LogP contribution in [-0.2, 0) is 14.3 Å². The molecule has 0 saturated carbocycles. The molecule has 0 spiro atoms. The Morgan fingerprint density at radius 3 is 1.88 bits per heavy atom. The van der Waals surface area contributed by atoms with E-state index in [2.05, 4.69) is 26.8 Å². The molecular weight excluding hydrogens is 520 g/mol. The Balaban J connectivity index is 1.78. The fraction of sp³-hybridized carbons (Fsp3) is 0.711. The molecule has 2 rings (SSSR count). The average Bonchev–Trinajstić information content (AvgIpc) is 2.95. The first kappa shape index (κ1) is 36.0. The van der Waals surface area contributed by atoms with E-state index in [1.165, 1.54) is 70.6 Å². The van der Waals surface area contributed by atoms with Crippen molar-refractivity contribution in [2.45, 2.75) is 144 Å². The molecule has 4 nitrogen and oxygen atoms in total. The van der Waals surface area contributed by atoms with Crippen LogP contribution in [0.15, 0.2) is 42.0 Å². The third-order valence-corrected chi connectivity index (χ3v) is 9.24. The SMILES string of the molecule is CCCCCCCCCCCCCCCCOC(=O)C(C(=O)c1ccccc1)C(C)CC(=O)C1C(C)=CCCC1(C)C. The van der Waals surface area contributed by atoms with Gasteiger partial charge in [-0.3, -0.25) is 14.4 Å². The summed E-state index contributed by atoms with van der Waals surface area (Å²) in [5.74, 6) is -2.20. The highest BCUT2D eigenvalue weighted by molar-refractivity contribution is 6.09. The van der Waals surface area contributed by atoms with Crippen LogP contribution in [0.2, 0.25) is 0 Å². The van der Waals surface area contributed by atoms with Crippen molar-refractivity contribution in [1.82, 2.24) is 0 Å². The Bertz CT molecular complexity index is 961. The molecular formula is C38H60O4. The fourth-order valence-electron chi connectivity index (χ4n) is 6.73. The highest BCUT2D eigenvalue weighted by Crippen LogP contribution is 2.42. The normalized spacial score (nSPS) is 17.7. The first-order valence-corrected chi connectivity index (χ1v) is 17.1. The van der Waals surface area contributed by atoms with Gasteiger partial charge in [0.1, 0.15) is 11.7 Å². The van der Waals surface area contributed by atoms with Gasteiger partial charge in [0.05, 0.1) is 6.61 Å². The number of allylic oxidation sites excluding steroid dienone is 2. The van der Waals surface area contributed by atoms with E-state index in [4.69, 9.17) is 4.74 Å². The van der Waals surface area contributed by atoms with Gasteiger partial charge in [0.15, 0.2) is 5.78 Å². The molecule has 0 aliphatic heterocycles. The van der Waals surface area contributed by atoms with Gasteiger partial charge < -0.3 is 4.74 Å². The first-order valence-electron chi connectivity index (χ1n) is 17.1. The van der Waals surface area contributed by atoms with E-state index < -0.39 is 17.8 Å². The lowest BCUT2D eigenvalue weighted by atomic mass is 9.65. The van der Waals surface area contributed by atoms with Crippen molar-refractivity contribution < 1.29 is 19.1 Å². The minimum Gasteiger partial charge on any atom is -0.465 e. The van der Waals surface area contributed by atoms with Gasteiger partial charge in [-0.2, -0.15) is 0 Å². The van der Waals surface area contributed by atoms with Gasteiger partial charge in [-0.05, 0) is 37.5 Å². The minimum absolute atomic E-state index is 0.117. The largest absolute Gasteiger partial charge is 0.465 e. The predicted molar refractivity (Wildman–Crippen MR) is 175 cm³/mol. The number of ether oxygens (including phenoxy) is 1. The maximum absolute atomic E-state index is 13.5.